The maximum atomic E-state index is 13.9. The lowest BCUT2D eigenvalue weighted by atomic mass is 10.1. The molecular weight excluding hydrogens is 517 g/mol. The van der Waals surface area contributed by atoms with Crippen molar-refractivity contribution in [1.29, 1.82) is 0 Å². The Labute approximate surface area is 222 Å². The fraction of sp³-hybridized carbons (Fsp3) is 0.185. The number of fused-ring (bicyclic) bond motifs is 1. The van der Waals surface area contributed by atoms with Crippen molar-refractivity contribution in [2.45, 2.75) is 23.7 Å². The summed E-state index contributed by atoms with van der Waals surface area (Å²) in [7, 11) is 1.52. The molecule has 0 amide bonds. The van der Waals surface area contributed by atoms with Crippen LogP contribution >= 0.6 is 35.0 Å². The van der Waals surface area contributed by atoms with Gasteiger partial charge in [-0.15, -0.1) is 11.8 Å². The summed E-state index contributed by atoms with van der Waals surface area (Å²) in [5.41, 5.74) is 8.07. The van der Waals surface area contributed by atoms with Gasteiger partial charge < -0.3 is 10.5 Å². The van der Waals surface area contributed by atoms with Gasteiger partial charge in [0.2, 0.25) is 0 Å². The largest absolute Gasteiger partial charge is 0.495 e. The van der Waals surface area contributed by atoms with E-state index in [2.05, 4.69) is 0 Å². The Morgan fingerprint density at radius 1 is 1.03 bits per heavy atom. The molecule has 184 valence electrons. The topological polar surface area (TPSA) is 79.2 Å². The minimum Gasteiger partial charge on any atom is -0.495 e. The fourth-order valence-corrected chi connectivity index (χ4v) is 6.42. The maximum Gasteiger partial charge on any atom is 0.332 e. The summed E-state index contributed by atoms with van der Waals surface area (Å²) in [6.45, 7) is 0.0104. The van der Waals surface area contributed by atoms with Crippen molar-refractivity contribution >= 4 is 35.0 Å². The molecule has 2 N–H and O–H groups in total. The van der Waals surface area contributed by atoms with Crippen LogP contribution < -0.4 is 21.7 Å². The molecule has 9 heteroatoms. The average molecular weight is 540 g/mol. The average Bonchev–Trinajstić information content (AvgIpc) is 3.33. The number of rotatable bonds is 6. The van der Waals surface area contributed by atoms with Crippen LogP contribution in [0.15, 0.2) is 87.4 Å². The van der Waals surface area contributed by atoms with Crippen LogP contribution in [0.25, 0.3) is 11.1 Å². The Morgan fingerprint density at radius 3 is 2.47 bits per heavy atom. The number of halogens is 2. The first kappa shape index (κ1) is 24.7. The summed E-state index contributed by atoms with van der Waals surface area (Å²) < 4.78 is 8.25. The molecule has 5 rings (SSSR count). The van der Waals surface area contributed by atoms with Crippen LogP contribution in [0.4, 0.5) is 0 Å². The number of benzene rings is 3. The zero-order chi connectivity index (χ0) is 25.4. The molecule has 0 saturated carbocycles. The maximum absolute atomic E-state index is 13.9. The molecule has 0 radical (unpaired) electrons. The zero-order valence-electron chi connectivity index (χ0n) is 19.4. The highest BCUT2D eigenvalue weighted by molar-refractivity contribution is 7.99. The van der Waals surface area contributed by atoms with Gasteiger partial charge in [-0.25, -0.2) is 4.79 Å². The molecule has 1 aliphatic rings. The molecule has 2 heterocycles. The third-order valence-corrected chi connectivity index (χ3v) is 8.23. The van der Waals surface area contributed by atoms with Gasteiger partial charge >= 0.3 is 5.69 Å². The van der Waals surface area contributed by atoms with Crippen LogP contribution in [-0.4, -0.2) is 22.0 Å². The van der Waals surface area contributed by atoms with Gasteiger partial charge in [-0.2, -0.15) is 0 Å². The van der Waals surface area contributed by atoms with Gasteiger partial charge in [-0.3, -0.25) is 13.9 Å². The predicted molar refractivity (Wildman–Crippen MR) is 146 cm³/mol. The summed E-state index contributed by atoms with van der Waals surface area (Å²) >= 11 is 14.6. The molecule has 2 atom stereocenters. The highest BCUT2D eigenvalue weighted by atomic mass is 35.5. The minimum absolute atomic E-state index is 0.0104. The van der Waals surface area contributed by atoms with Crippen LogP contribution in [0.3, 0.4) is 0 Å². The highest BCUT2D eigenvalue weighted by Crippen LogP contribution is 2.44. The van der Waals surface area contributed by atoms with Gasteiger partial charge in [-0.1, -0.05) is 83.9 Å². The molecule has 6 nitrogen and oxygen atoms in total. The second-order valence-electron chi connectivity index (χ2n) is 8.44. The summed E-state index contributed by atoms with van der Waals surface area (Å²) in [6.07, 6.45) is 0. The van der Waals surface area contributed by atoms with Gasteiger partial charge in [0.1, 0.15) is 5.75 Å². The van der Waals surface area contributed by atoms with Gasteiger partial charge in [0, 0.05) is 22.4 Å². The lowest BCUT2D eigenvalue weighted by molar-refractivity contribution is 0.415. The van der Waals surface area contributed by atoms with E-state index in [0.717, 1.165) is 11.1 Å². The first-order valence-electron chi connectivity index (χ1n) is 11.3. The lowest BCUT2D eigenvalue weighted by Crippen LogP contribution is -2.44. The van der Waals surface area contributed by atoms with Crippen LogP contribution in [0.2, 0.25) is 10.0 Å². The fourth-order valence-electron chi connectivity index (χ4n) is 4.53. The summed E-state index contributed by atoms with van der Waals surface area (Å²) in [6, 6.07) is 21.2. The molecule has 36 heavy (non-hydrogen) atoms. The van der Waals surface area contributed by atoms with Gasteiger partial charge in [0.25, 0.3) is 5.56 Å². The molecule has 0 aliphatic carbocycles. The van der Waals surface area contributed by atoms with Crippen molar-refractivity contribution in [3.8, 4) is 16.9 Å². The van der Waals surface area contributed by atoms with Gasteiger partial charge in [-0.05, 0) is 23.3 Å². The Morgan fingerprint density at radius 2 is 1.75 bits per heavy atom. The third-order valence-electron chi connectivity index (χ3n) is 6.34. The van der Waals surface area contributed by atoms with Gasteiger partial charge in [0.05, 0.1) is 35.3 Å². The van der Waals surface area contributed by atoms with E-state index in [1.165, 1.54) is 23.4 Å². The minimum atomic E-state index is -0.559. The third kappa shape index (κ3) is 4.26. The Balaban J connectivity index is 1.77. The van der Waals surface area contributed by atoms with E-state index in [-0.39, 0.29) is 12.6 Å². The molecule has 4 aromatic rings. The van der Waals surface area contributed by atoms with E-state index in [1.807, 2.05) is 48.5 Å². The molecule has 0 saturated heterocycles. The number of nitrogens with two attached hydrogens (primary N) is 1. The Hall–Kier alpha value is -2.97. The van der Waals surface area contributed by atoms with E-state index in [4.69, 9.17) is 33.7 Å². The normalized spacial score (nSPS) is 15.5. The van der Waals surface area contributed by atoms with Crippen LogP contribution in [-0.2, 0) is 6.54 Å². The van der Waals surface area contributed by atoms with Crippen molar-refractivity contribution in [2.24, 2.45) is 5.73 Å². The number of nitrogens with zero attached hydrogens (tertiary/aromatic N) is 2. The molecule has 0 bridgehead atoms. The molecule has 2 unspecified atom stereocenters. The number of ether oxygens (including phenoxy) is 1. The first-order valence-corrected chi connectivity index (χ1v) is 13.1. The zero-order valence-corrected chi connectivity index (χ0v) is 21.7. The second kappa shape index (κ2) is 10.2. The number of hydrogen-bond acceptors (Lipinski definition) is 5. The van der Waals surface area contributed by atoms with Crippen molar-refractivity contribution in [2.75, 3.05) is 12.9 Å². The summed E-state index contributed by atoms with van der Waals surface area (Å²) in [4.78, 5) is 27.8. The van der Waals surface area contributed by atoms with E-state index in [1.54, 1.807) is 28.8 Å². The van der Waals surface area contributed by atoms with E-state index in [9.17, 15) is 9.59 Å². The van der Waals surface area contributed by atoms with Crippen LogP contribution in [0.1, 0.15) is 23.2 Å². The number of aromatic nitrogens is 2. The highest BCUT2D eigenvalue weighted by Gasteiger charge is 2.34. The number of hydrogen-bond donors (Lipinski definition) is 1. The van der Waals surface area contributed by atoms with Crippen molar-refractivity contribution in [1.82, 2.24) is 9.13 Å². The molecule has 3 aromatic carbocycles. The second-order valence-corrected chi connectivity index (χ2v) is 10.2. The Kier molecular flexibility index (Phi) is 6.99. The quantitative estimate of drug-likeness (QED) is 0.332. The predicted octanol–water partition coefficient (Wildman–Crippen LogP) is 5.39. The summed E-state index contributed by atoms with van der Waals surface area (Å²) in [5, 5.41) is 1.41. The van der Waals surface area contributed by atoms with Crippen LogP contribution in [0.5, 0.6) is 5.75 Å². The molecule has 1 aliphatic heterocycles. The van der Waals surface area contributed by atoms with E-state index < -0.39 is 17.3 Å². The molecule has 0 spiro atoms. The lowest BCUT2D eigenvalue weighted by Gasteiger charge is -2.21. The first-order chi connectivity index (χ1) is 17.4. The molecular formula is C27H23Cl2N3O3S. The Bertz CT molecular complexity index is 1550. The van der Waals surface area contributed by atoms with E-state index in [0.29, 0.717) is 37.7 Å². The van der Waals surface area contributed by atoms with Crippen molar-refractivity contribution < 1.29 is 4.74 Å². The smallest absolute Gasteiger partial charge is 0.332 e. The van der Waals surface area contributed by atoms with E-state index >= 15 is 0 Å². The van der Waals surface area contributed by atoms with Crippen LogP contribution in [0, 0.1) is 0 Å². The van der Waals surface area contributed by atoms with Crippen molar-refractivity contribution in [3.05, 3.63) is 115 Å². The standard InChI is InChI=1S/C27H23Cl2N3O3S/c1-35-22-13-7-11-18(24(22)29)23-25(33)31(14-20(30)16-8-3-2-4-9-16)27(34)32-21(15-36-26(23)32)17-10-5-6-12-19(17)28/h2-13,20-21H,14-15,30H2,1H3. The van der Waals surface area contributed by atoms with Crippen molar-refractivity contribution in [3.63, 3.8) is 0 Å². The molecule has 1 aromatic heterocycles. The number of methoxy groups -OCH3 is 1. The monoisotopic (exact) mass is 539 g/mol. The van der Waals surface area contributed by atoms with Gasteiger partial charge in [0.15, 0.2) is 0 Å². The summed E-state index contributed by atoms with van der Waals surface area (Å²) in [5.74, 6) is 0.985. The number of thioether (sulfide) groups is 1. The SMILES string of the molecule is COc1cccc(-c2c3n(c(=O)n(CC(N)c4ccccc4)c2=O)C(c2ccccc2Cl)CS3)c1Cl. The molecule has 0 fully saturated rings.